The summed E-state index contributed by atoms with van der Waals surface area (Å²) in [5.41, 5.74) is 2.60. The van der Waals surface area contributed by atoms with E-state index in [-0.39, 0.29) is 17.5 Å². The number of amides is 1. The minimum Gasteiger partial charge on any atom is -0.378 e. The molecule has 0 spiro atoms. The van der Waals surface area contributed by atoms with Gasteiger partial charge >= 0.3 is 0 Å². The van der Waals surface area contributed by atoms with Crippen molar-refractivity contribution in [3.05, 3.63) is 60.2 Å². The molecular formula is C24H29FN6OS. The summed E-state index contributed by atoms with van der Waals surface area (Å²) in [4.78, 5) is 16.9. The van der Waals surface area contributed by atoms with Gasteiger partial charge in [0.15, 0.2) is 11.0 Å². The third-order valence-electron chi connectivity index (χ3n) is 5.60. The zero-order valence-electron chi connectivity index (χ0n) is 19.0. The Balaban J connectivity index is 1.46. The van der Waals surface area contributed by atoms with Crippen LogP contribution in [0.5, 0.6) is 0 Å². The van der Waals surface area contributed by atoms with Gasteiger partial charge in [-0.2, -0.15) is 0 Å². The van der Waals surface area contributed by atoms with Crippen molar-refractivity contribution in [3.63, 3.8) is 0 Å². The third-order valence-corrected chi connectivity index (χ3v) is 6.53. The SMILES string of the molecule is CN(C)c1ccc(NC(=O)CSc2nnc(CN3CCCCC3)n2-c2ccc(F)cc2)cc1. The van der Waals surface area contributed by atoms with Crippen molar-refractivity contribution < 1.29 is 9.18 Å². The van der Waals surface area contributed by atoms with Crippen LogP contribution in [-0.4, -0.2) is 58.5 Å². The van der Waals surface area contributed by atoms with E-state index in [0.717, 1.165) is 36.0 Å². The van der Waals surface area contributed by atoms with E-state index < -0.39 is 0 Å². The maximum absolute atomic E-state index is 13.5. The molecule has 174 valence electrons. The van der Waals surface area contributed by atoms with Gasteiger partial charge in [0, 0.05) is 31.2 Å². The first-order valence-electron chi connectivity index (χ1n) is 11.1. The molecule has 2 heterocycles. The molecule has 1 saturated heterocycles. The molecule has 0 unspecified atom stereocenters. The smallest absolute Gasteiger partial charge is 0.234 e. The van der Waals surface area contributed by atoms with Gasteiger partial charge in [-0.25, -0.2) is 4.39 Å². The number of halogens is 1. The second kappa shape index (κ2) is 10.8. The summed E-state index contributed by atoms with van der Waals surface area (Å²) in [5.74, 6) is 0.575. The van der Waals surface area contributed by atoms with Crippen LogP contribution in [-0.2, 0) is 11.3 Å². The molecule has 0 bridgehead atoms. The fourth-order valence-corrected chi connectivity index (χ4v) is 4.60. The Morgan fingerprint density at radius 3 is 2.39 bits per heavy atom. The Morgan fingerprint density at radius 2 is 1.73 bits per heavy atom. The van der Waals surface area contributed by atoms with Crippen LogP contribution >= 0.6 is 11.8 Å². The number of benzene rings is 2. The van der Waals surface area contributed by atoms with Gasteiger partial charge in [-0.05, 0) is 74.5 Å². The predicted octanol–water partition coefficient (Wildman–Crippen LogP) is 4.19. The second-order valence-electron chi connectivity index (χ2n) is 8.33. The highest BCUT2D eigenvalue weighted by Crippen LogP contribution is 2.24. The molecule has 1 aliphatic heterocycles. The van der Waals surface area contributed by atoms with Crippen molar-refractivity contribution >= 4 is 29.0 Å². The number of aromatic nitrogens is 3. The normalized spacial score (nSPS) is 14.3. The zero-order chi connectivity index (χ0) is 23.2. The van der Waals surface area contributed by atoms with E-state index in [9.17, 15) is 9.18 Å². The first-order chi connectivity index (χ1) is 16.0. The van der Waals surface area contributed by atoms with Gasteiger partial charge in [0.05, 0.1) is 12.3 Å². The van der Waals surface area contributed by atoms with Gasteiger partial charge in [0.1, 0.15) is 5.82 Å². The molecule has 1 fully saturated rings. The van der Waals surface area contributed by atoms with Crippen molar-refractivity contribution in [3.8, 4) is 5.69 Å². The summed E-state index contributed by atoms with van der Waals surface area (Å²) in [6, 6.07) is 14.0. The van der Waals surface area contributed by atoms with Crippen LogP contribution in [0.25, 0.3) is 5.69 Å². The number of carbonyl (C=O) groups is 1. The highest BCUT2D eigenvalue weighted by Gasteiger charge is 2.19. The standard InChI is InChI=1S/C24H29FN6OS/c1-29(2)20-12-8-19(9-13-20)26-23(32)17-33-24-28-27-22(16-30-14-4-3-5-15-30)31(24)21-10-6-18(25)7-11-21/h6-13H,3-5,14-17H2,1-2H3,(H,26,32). The predicted molar refractivity (Wildman–Crippen MR) is 131 cm³/mol. The minimum absolute atomic E-state index is 0.121. The van der Waals surface area contributed by atoms with Crippen LogP contribution in [0, 0.1) is 5.82 Å². The van der Waals surface area contributed by atoms with Crippen LogP contribution in [0.2, 0.25) is 0 Å². The summed E-state index contributed by atoms with van der Waals surface area (Å²) in [6.45, 7) is 2.75. The number of nitrogens with zero attached hydrogens (tertiary/aromatic N) is 5. The number of hydrogen-bond acceptors (Lipinski definition) is 6. The molecular weight excluding hydrogens is 439 g/mol. The van der Waals surface area contributed by atoms with E-state index >= 15 is 0 Å². The molecule has 2 aromatic carbocycles. The Bertz CT molecular complexity index is 1060. The monoisotopic (exact) mass is 468 g/mol. The van der Waals surface area contributed by atoms with Crippen molar-refractivity contribution in [1.82, 2.24) is 19.7 Å². The molecule has 0 saturated carbocycles. The lowest BCUT2D eigenvalue weighted by Gasteiger charge is -2.26. The van der Waals surface area contributed by atoms with Crippen molar-refractivity contribution in [2.24, 2.45) is 0 Å². The number of carbonyl (C=O) groups excluding carboxylic acids is 1. The molecule has 1 aliphatic rings. The van der Waals surface area contributed by atoms with Gasteiger partial charge in [-0.1, -0.05) is 18.2 Å². The van der Waals surface area contributed by atoms with Crippen LogP contribution in [0.15, 0.2) is 53.7 Å². The summed E-state index contributed by atoms with van der Waals surface area (Å²) < 4.78 is 15.5. The number of piperidine rings is 1. The lowest BCUT2D eigenvalue weighted by Crippen LogP contribution is -2.30. The van der Waals surface area contributed by atoms with E-state index in [1.165, 1.54) is 43.2 Å². The first kappa shape index (κ1) is 23.3. The van der Waals surface area contributed by atoms with E-state index in [4.69, 9.17) is 0 Å². The largest absolute Gasteiger partial charge is 0.378 e. The molecule has 3 aromatic rings. The van der Waals surface area contributed by atoms with Gasteiger partial charge in [0.2, 0.25) is 5.91 Å². The van der Waals surface area contributed by atoms with Crippen molar-refractivity contribution in [2.45, 2.75) is 31.0 Å². The lowest BCUT2D eigenvalue weighted by atomic mass is 10.1. The van der Waals surface area contributed by atoms with E-state index in [1.54, 1.807) is 12.1 Å². The third kappa shape index (κ3) is 6.11. The average molecular weight is 469 g/mol. The Hall–Kier alpha value is -2.91. The number of nitrogens with one attached hydrogen (secondary N) is 1. The van der Waals surface area contributed by atoms with Crippen molar-refractivity contribution in [2.75, 3.05) is 43.2 Å². The molecule has 0 aliphatic carbocycles. The highest BCUT2D eigenvalue weighted by atomic mass is 32.2. The van der Waals surface area contributed by atoms with Gasteiger partial charge in [0.25, 0.3) is 0 Å². The number of thioether (sulfide) groups is 1. The van der Waals surface area contributed by atoms with Gasteiger partial charge in [-0.15, -0.1) is 10.2 Å². The summed E-state index contributed by atoms with van der Waals surface area (Å²) in [6.07, 6.45) is 3.62. The maximum atomic E-state index is 13.5. The fourth-order valence-electron chi connectivity index (χ4n) is 3.83. The van der Waals surface area contributed by atoms with Crippen LogP contribution in [0.4, 0.5) is 15.8 Å². The van der Waals surface area contributed by atoms with Gasteiger partial charge < -0.3 is 10.2 Å². The van der Waals surface area contributed by atoms with Crippen LogP contribution in [0.1, 0.15) is 25.1 Å². The summed E-state index contributed by atoms with van der Waals surface area (Å²) >= 11 is 1.32. The van der Waals surface area contributed by atoms with Crippen LogP contribution in [0.3, 0.4) is 0 Å². The van der Waals surface area contributed by atoms with E-state index in [1.807, 2.05) is 47.8 Å². The maximum Gasteiger partial charge on any atom is 0.234 e. The molecule has 1 aromatic heterocycles. The van der Waals surface area contributed by atoms with Crippen LogP contribution < -0.4 is 10.2 Å². The Labute approximate surface area is 198 Å². The molecule has 4 rings (SSSR count). The molecule has 9 heteroatoms. The molecule has 7 nitrogen and oxygen atoms in total. The van der Waals surface area contributed by atoms with Crippen molar-refractivity contribution in [1.29, 1.82) is 0 Å². The molecule has 1 amide bonds. The lowest BCUT2D eigenvalue weighted by molar-refractivity contribution is -0.113. The number of likely N-dealkylation sites (tertiary alicyclic amines) is 1. The summed E-state index contributed by atoms with van der Waals surface area (Å²) in [7, 11) is 3.95. The quantitative estimate of drug-likeness (QED) is 0.500. The van der Waals surface area contributed by atoms with E-state index in [0.29, 0.717) is 11.7 Å². The second-order valence-corrected chi connectivity index (χ2v) is 9.27. The van der Waals surface area contributed by atoms with Gasteiger partial charge in [-0.3, -0.25) is 14.3 Å². The Morgan fingerprint density at radius 1 is 1.03 bits per heavy atom. The Kier molecular flexibility index (Phi) is 7.61. The average Bonchev–Trinajstić information content (AvgIpc) is 3.21. The number of anilines is 2. The minimum atomic E-state index is -0.293. The zero-order valence-corrected chi connectivity index (χ0v) is 19.8. The molecule has 0 atom stereocenters. The highest BCUT2D eigenvalue weighted by molar-refractivity contribution is 7.99. The number of hydrogen-bond donors (Lipinski definition) is 1. The first-order valence-corrected chi connectivity index (χ1v) is 12.1. The fraction of sp³-hybridized carbons (Fsp3) is 0.375. The summed E-state index contributed by atoms with van der Waals surface area (Å²) in [5, 5.41) is 12.3. The molecule has 0 radical (unpaired) electrons. The topological polar surface area (TPSA) is 66.3 Å². The van der Waals surface area contributed by atoms with E-state index in [2.05, 4.69) is 20.4 Å². The molecule has 1 N–H and O–H groups in total. The number of rotatable bonds is 8. The molecule has 33 heavy (non-hydrogen) atoms.